The molecule has 2 aromatic rings. The number of benzene rings is 1. The fourth-order valence-corrected chi connectivity index (χ4v) is 1.37. The van der Waals surface area contributed by atoms with Crippen LogP contribution in [0.2, 0.25) is 0 Å². The van der Waals surface area contributed by atoms with Crippen LogP contribution in [0.4, 0.5) is 0 Å². The van der Waals surface area contributed by atoms with Gasteiger partial charge in [0.25, 0.3) is 0 Å². The SMILES string of the molecule is C=C=Cc1ccc2cccnc2c1O. The molecule has 0 aliphatic heterocycles. The van der Waals surface area contributed by atoms with Crippen molar-refractivity contribution < 1.29 is 5.11 Å². The first-order valence-electron chi connectivity index (χ1n) is 4.25. The van der Waals surface area contributed by atoms with Gasteiger partial charge in [-0.1, -0.05) is 18.7 Å². The van der Waals surface area contributed by atoms with Gasteiger partial charge in [-0.05, 0) is 18.2 Å². The molecule has 1 heterocycles. The summed E-state index contributed by atoms with van der Waals surface area (Å²) in [4.78, 5) is 4.11. The Morgan fingerprint density at radius 3 is 3.00 bits per heavy atom. The predicted octanol–water partition coefficient (Wildman–Crippen LogP) is 2.74. The fourth-order valence-electron chi connectivity index (χ4n) is 1.37. The van der Waals surface area contributed by atoms with Gasteiger partial charge in [0, 0.05) is 17.1 Å². The van der Waals surface area contributed by atoms with Crippen molar-refractivity contribution in [2.75, 3.05) is 0 Å². The molecule has 0 spiro atoms. The molecule has 0 fully saturated rings. The maximum absolute atomic E-state index is 9.82. The number of hydrogen-bond donors (Lipinski definition) is 1. The van der Waals surface area contributed by atoms with Gasteiger partial charge < -0.3 is 5.11 Å². The van der Waals surface area contributed by atoms with E-state index >= 15 is 0 Å². The first-order valence-corrected chi connectivity index (χ1v) is 4.25. The molecular formula is C12H9NO. The van der Waals surface area contributed by atoms with Gasteiger partial charge >= 0.3 is 0 Å². The van der Waals surface area contributed by atoms with E-state index in [1.165, 1.54) is 0 Å². The summed E-state index contributed by atoms with van der Waals surface area (Å²) in [5, 5.41) is 10.7. The lowest BCUT2D eigenvalue weighted by molar-refractivity contribution is 0.479. The smallest absolute Gasteiger partial charge is 0.149 e. The van der Waals surface area contributed by atoms with Crippen LogP contribution in [-0.4, -0.2) is 10.1 Å². The van der Waals surface area contributed by atoms with Gasteiger partial charge in [-0.2, -0.15) is 0 Å². The zero-order valence-corrected chi connectivity index (χ0v) is 7.57. The molecule has 0 saturated carbocycles. The van der Waals surface area contributed by atoms with E-state index in [1.54, 1.807) is 12.3 Å². The first kappa shape index (κ1) is 8.54. The molecule has 0 atom stereocenters. The molecule has 0 amide bonds. The Balaban J connectivity index is 2.81. The zero-order chi connectivity index (χ0) is 9.97. The largest absolute Gasteiger partial charge is 0.505 e. The van der Waals surface area contributed by atoms with Crippen molar-refractivity contribution in [1.29, 1.82) is 0 Å². The fraction of sp³-hybridized carbons (Fsp3) is 0. The molecule has 0 aliphatic rings. The van der Waals surface area contributed by atoms with Crippen LogP contribution >= 0.6 is 0 Å². The van der Waals surface area contributed by atoms with Crippen LogP contribution in [0.5, 0.6) is 5.75 Å². The van der Waals surface area contributed by atoms with E-state index in [0.29, 0.717) is 11.1 Å². The Morgan fingerprint density at radius 1 is 1.36 bits per heavy atom. The van der Waals surface area contributed by atoms with Crippen molar-refractivity contribution in [1.82, 2.24) is 4.98 Å². The van der Waals surface area contributed by atoms with Crippen LogP contribution in [0, 0.1) is 0 Å². The molecule has 2 heteroatoms. The van der Waals surface area contributed by atoms with Gasteiger partial charge in [-0.25, -0.2) is 0 Å². The lowest BCUT2D eigenvalue weighted by atomic mass is 10.1. The van der Waals surface area contributed by atoms with Gasteiger partial charge in [0.05, 0.1) is 0 Å². The summed E-state index contributed by atoms with van der Waals surface area (Å²) in [5.41, 5.74) is 3.92. The van der Waals surface area contributed by atoms with E-state index < -0.39 is 0 Å². The summed E-state index contributed by atoms with van der Waals surface area (Å²) in [7, 11) is 0. The minimum Gasteiger partial charge on any atom is -0.505 e. The normalized spacial score (nSPS) is 9.71. The molecule has 0 unspecified atom stereocenters. The second-order valence-electron chi connectivity index (χ2n) is 2.93. The van der Waals surface area contributed by atoms with E-state index in [0.717, 1.165) is 5.39 Å². The third kappa shape index (κ3) is 1.28. The van der Waals surface area contributed by atoms with Crippen LogP contribution in [-0.2, 0) is 0 Å². The number of nitrogens with zero attached hydrogens (tertiary/aromatic N) is 1. The highest BCUT2D eigenvalue weighted by atomic mass is 16.3. The zero-order valence-electron chi connectivity index (χ0n) is 7.57. The second-order valence-corrected chi connectivity index (χ2v) is 2.93. The van der Waals surface area contributed by atoms with E-state index in [2.05, 4.69) is 17.3 Å². The molecule has 1 aromatic carbocycles. The van der Waals surface area contributed by atoms with Crippen LogP contribution in [0.25, 0.3) is 17.0 Å². The van der Waals surface area contributed by atoms with Gasteiger partial charge in [0.2, 0.25) is 0 Å². The van der Waals surface area contributed by atoms with Gasteiger partial charge in [-0.3, -0.25) is 4.98 Å². The van der Waals surface area contributed by atoms with Gasteiger partial charge in [-0.15, -0.1) is 5.73 Å². The lowest BCUT2D eigenvalue weighted by Gasteiger charge is -2.02. The topological polar surface area (TPSA) is 33.1 Å². The molecule has 1 N–H and O–H groups in total. The highest BCUT2D eigenvalue weighted by Crippen LogP contribution is 2.27. The Bertz CT molecular complexity index is 525. The molecule has 0 bridgehead atoms. The number of fused-ring (bicyclic) bond motifs is 1. The predicted molar refractivity (Wildman–Crippen MR) is 57.0 cm³/mol. The summed E-state index contributed by atoms with van der Waals surface area (Å²) < 4.78 is 0. The van der Waals surface area contributed by atoms with Gasteiger partial charge in [0.15, 0.2) is 0 Å². The van der Waals surface area contributed by atoms with Crippen molar-refractivity contribution in [3.63, 3.8) is 0 Å². The second kappa shape index (κ2) is 3.36. The molecule has 0 aliphatic carbocycles. The third-order valence-electron chi connectivity index (χ3n) is 2.04. The average Bonchev–Trinajstić information content (AvgIpc) is 2.23. The third-order valence-corrected chi connectivity index (χ3v) is 2.04. The molecule has 2 rings (SSSR count). The summed E-state index contributed by atoms with van der Waals surface area (Å²) in [6.45, 7) is 3.47. The summed E-state index contributed by atoms with van der Waals surface area (Å²) >= 11 is 0. The number of pyridine rings is 1. The number of phenols is 1. The molecule has 14 heavy (non-hydrogen) atoms. The van der Waals surface area contributed by atoms with Crippen molar-refractivity contribution in [2.45, 2.75) is 0 Å². The minimum atomic E-state index is 0.180. The Morgan fingerprint density at radius 2 is 2.21 bits per heavy atom. The van der Waals surface area contributed by atoms with Crippen molar-refractivity contribution in [2.24, 2.45) is 0 Å². The first-order chi connectivity index (χ1) is 6.83. The number of aromatic nitrogens is 1. The summed E-state index contributed by atoms with van der Waals surface area (Å²) in [6.07, 6.45) is 3.28. The Hall–Kier alpha value is -2.05. The van der Waals surface area contributed by atoms with Crippen molar-refractivity contribution >= 4 is 17.0 Å². The summed E-state index contributed by atoms with van der Waals surface area (Å²) in [5.74, 6) is 0.180. The number of phenolic OH excluding ortho intramolecular Hbond substituents is 1. The van der Waals surface area contributed by atoms with Crippen LogP contribution in [0.15, 0.2) is 42.8 Å². The number of rotatable bonds is 1. The number of hydrogen-bond acceptors (Lipinski definition) is 2. The Labute approximate surface area is 81.8 Å². The monoisotopic (exact) mass is 183 g/mol. The lowest BCUT2D eigenvalue weighted by Crippen LogP contribution is -1.81. The molecule has 2 nitrogen and oxygen atoms in total. The molecule has 0 saturated heterocycles. The molecular weight excluding hydrogens is 174 g/mol. The maximum atomic E-state index is 9.82. The van der Waals surface area contributed by atoms with Crippen molar-refractivity contribution in [3.8, 4) is 5.75 Å². The summed E-state index contributed by atoms with van der Waals surface area (Å²) in [6, 6.07) is 7.47. The van der Waals surface area contributed by atoms with Crippen molar-refractivity contribution in [3.05, 3.63) is 48.3 Å². The van der Waals surface area contributed by atoms with E-state index in [9.17, 15) is 5.11 Å². The van der Waals surface area contributed by atoms with E-state index in [4.69, 9.17) is 0 Å². The van der Waals surface area contributed by atoms with Crippen LogP contribution < -0.4 is 0 Å². The van der Waals surface area contributed by atoms with Gasteiger partial charge in [0.1, 0.15) is 11.3 Å². The number of aromatic hydroxyl groups is 1. The highest BCUT2D eigenvalue weighted by Gasteiger charge is 2.03. The molecule has 0 radical (unpaired) electrons. The molecule has 1 aromatic heterocycles. The minimum absolute atomic E-state index is 0.180. The van der Waals surface area contributed by atoms with Crippen LogP contribution in [0.3, 0.4) is 0 Å². The standard InChI is InChI=1S/C12H9NO/c1-2-4-10-7-6-9-5-3-8-13-11(9)12(10)14/h3-8,14H,1H2. The maximum Gasteiger partial charge on any atom is 0.149 e. The average molecular weight is 183 g/mol. The highest BCUT2D eigenvalue weighted by molar-refractivity contribution is 5.87. The Kier molecular flexibility index (Phi) is 2.05. The quantitative estimate of drug-likeness (QED) is 0.689. The van der Waals surface area contributed by atoms with Crippen LogP contribution in [0.1, 0.15) is 5.56 Å². The molecule has 68 valence electrons. The van der Waals surface area contributed by atoms with E-state index in [-0.39, 0.29) is 5.75 Å². The van der Waals surface area contributed by atoms with E-state index in [1.807, 2.05) is 24.3 Å².